The normalized spacial score (nSPS) is 14.0. The lowest BCUT2D eigenvalue weighted by Gasteiger charge is -2.19. The van der Waals surface area contributed by atoms with Gasteiger partial charge in [-0.25, -0.2) is 4.79 Å². The number of aromatic amines is 1. The Morgan fingerprint density at radius 1 is 0.892 bits per heavy atom. The molecule has 0 saturated carbocycles. The Labute approximate surface area is 221 Å². The predicted molar refractivity (Wildman–Crippen MR) is 145 cm³/mol. The second-order valence-corrected chi connectivity index (χ2v) is 11.3. The van der Waals surface area contributed by atoms with Crippen LogP contribution >= 0.6 is 7.60 Å². The SMILES string of the molecule is CCCCCCCCCCCCCCCOCCCOP(=O)(O)COC(CO)Cn1ccc(=O)[nH]c1=O. The van der Waals surface area contributed by atoms with Crippen LogP contribution in [0.1, 0.15) is 96.8 Å². The summed E-state index contributed by atoms with van der Waals surface area (Å²) in [4.78, 5) is 34.8. The number of ether oxygens (including phenoxy) is 2. The monoisotopic (exact) mass is 548 g/mol. The van der Waals surface area contributed by atoms with Crippen molar-refractivity contribution in [3.8, 4) is 0 Å². The Morgan fingerprint density at radius 3 is 2.03 bits per heavy atom. The topological polar surface area (TPSA) is 140 Å². The lowest BCUT2D eigenvalue weighted by molar-refractivity contribution is 0.0162. The van der Waals surface area contributed by atoms with Crippen molar-refractivity contribution in [3.05, 3.63) is 33.1 Å². The van der Waals surface area contributed by atoms with E-state index in [1.807, 2.05) is 0 Å². The molecule has 0 saturated heterocycles. The van der Waals surface area contributed by atoms with Gasteiger partial charge in [0.15, 0.2) is 0 Å². The summed E-state index contributed by atoms with van der Waals surface area (Å²) in [5, 5.41) is 9.43. The van der Waals surface area contributed by atoms with Crippen molar-refractivity contribution in [2.24, 2.45) is 0 Å². The first kappa shape index (κ1) is 33.7. The van der Waals surface area contributed by atoms with Gasteiger partial charge in [0.1, 0.15) is 6.35 Å². The molecular formula is C26H49N2O8P. The minimum atomic E-state index is -4.01. The van der Waals surface area contributed by atoms with Crippen LogP contribution in [-0.4, -0.2) is 58.4 Å². The molecule has 0 aliphatic rings. The third-order valence-electron chi connectivity index (χ3n) is 6.09. The van der Waals surface area contributed by atoms with Crippen LogP contribution in [0.4, 0.5) is 0 Å². The summed E-state index contributed by atoms with van der Waals surface area (Å²) in [6.45, 7) is 2.88. The highest BCUT2D eigenvalue weighted by Gasteiger charge is 2.22. The van der Waals surface area contributed by atoms with Gasteiger partial charge in [-0.1, -0.05) is 84.0 Å². The van der Waals surface area contributed by atoms with E-state index in [9.17, 15) is 24.2 Å². The molecule has 2 atom stereocenters. The van der Waals surface area contributed by atoms with Crippen LogP contribution in [0.25, 0.3) is 0 Å². The quantitative estimate of drug-likeness (QED) is 0.119. The summed E-state index contributed by atoms with van der Waals surface area (Å²) in [7, 11) is -4.01. The third-order valence-corrected chi connectivity index (χ3v) is 7.15. The number of aliphatic hydroxyl groups excluding tert-OH is 1. The van der Waals surface area contributed by atoms with E-state index < -0.39 is 37.9 Å². The largest absolute Gasteiger partial charge is 0.394 e. The number of unbranched alkanes of at least 4 members (excludes halogenated alkanes) is 12. The van der Waals surface area contributed by atoms with E-state index in [0.29, 0.717) is 19.6 Å². The van der Waals surface area contributed by atoms with Gasteiger partial charge >= 0.3 is 13.3 Å². The first-order chi connectivity index (χ1) is 17.9. The fourth-order valence-electron chi connectivity index (χ4n) is 3.90. The van der Waals surface area contributed by atoms with E-state index in [-0.39, 0.29) is 13.2 Å². The van der Waals surface area contributed by atoms with E-state index >= 15 is 0 Å². The highest BCUT2D eigenvalue weighted by Crippen LogP contribution is 2.42. The van der Waals surface area contributed by atoms with Crippen LogP contribution in [-0.2, 0) is 25.1 Å². The average molecular weight is 549 g/mol. The number of aliphatic hydroxyl groups is 1. The van der Waals surface area contributed by atoms with Crippen molar-refractivity contribution in [2.75, 3.05) is 32.8 Å². The molecule has 0 aliphatic carbocycles. The zero-order chi connectivity index (χ0) is 27.2. The molecule has 0 aromatic carbocycles. The van der Waals surface area contributed by atoms with Gasteiger partial charge in [-0.15, -0.1) is 0 Å². The van der Waals surface area contributed by atoms with Crippen LogP contribution < -0.4 is 11.2 Å². The molecular weight excluding hydrogens is 499 g/mol. The van der Waals surface area contributed by atoms with Gasteiger partial charge in [-0.3, -0.25) is 18.9 Å². The number of hydrogen-bond donors (Lipinski definition) is 3. The summed E-state index contributed by atoms with van der Waals surface area (Å²) in [6, 6.07) is 1.16. The second kappa shape index (κ2) is 21.6. The van der Waals surface area contributed by atoms with Gasteiger partial charge < -0.3 is 24.0 Å². The fourth-order valence-corrected chi connectivity index (χ4v) is 4.79. The molecule has 10 nitrogen and oxygen atoms in total. The van der Waals surface area contributed by atoms with Crippen LogP contribution in [0.3, 0.4) is 0 Å². The van der Waals surface area contributed by atoms with Crippen molar-refractivity contribution in [2.45, 2.75) is 109 Å². The molecule has 0 radical (unpaired) electrons. The molecule has 216 valence electrons. The molecule has 1 aromatic rings. The molecule has 0 bridgehead atoms. The van der Waals surface area contributed by atoms with Gasteiger partial charge in [0.05, 0.1) is 25.9 Å². The molecule has 1 rings (SSSR count). The first-order valence-corrected chi connectivity index (χ1v) is 15.7. The van der Waals surface area contributed by atoms with Crippen LogP contribution in [0, 0.1) is 0 Å². The summed E-state index contributed by atoms with van der Waals surface area (Å²) in [5.74, 6) is 0. The van der Waals surface area contributed by atoms with Gasteiger partial charge in [0.25, 0.3) is 5.56 Å². The van der Waals surface area contributed by atoms with Crippen molar-refractivity contribution in [1.29, 1.82) is 0 Å². The average Bonchev–Trinajstić information content (AvgIpc) is 2.87. The molecule has 37 heavy (non-hydrogen) atoms. The number of nitrogens with one attached hydrogen (secondary N) is 1. The van der Waals surface area contributed by atoms with Crippen LogP contribution in [0.15, 0.2) is 21.9 Å². The smallest absolute Gasteiger partial charge is 0.353 e. The number of aromatic nitrogens is 2. The fraction of sp³-hybridized carbons (Fsp3) is 0.846. The van der Waals surface area contributed by atoms with Crippen molar-refractivity contribution >= 4 is 7.60 Å². The Hall–Kier alpha value is -1.29. The Morgan fingerprint density at radius 2 is 1.46 bits per heavy atom. The van der Waals surface area contributed by atoms with Crippen molar-refractivity contribution < 1.29 is 28.6 Å². The molecule has 0 spiro atoms. The summed E-state index contributed by atoms with van der Waals surface area (Å²) in [5.41, 5.74) is -1.19. The van der Waals surface area contributed by atoms with E-state index in [0.717, 1.165) is 23.5 Å². The maximum absolute atomic E-state index is 12.1. The maximum Gasteiger partial charge on any atom is 0.353 e. The first-order valence-electron chi connectivity index (χ1n) is 13.9. The van der Waals surface area contributed by atoms with Crippen molar-refractivity contribution in [3.63, 3.8) is 0 Å². The molecule has 2 unspecified atom stereocenters. The van der Waals surface area contributed by atoms with Crippen molar-refractivity contribution in [1.82, 2.24) is 9.55 Å². The highest BCUT2D eigenvalue weighted by molar-refractivity contribution is 7.52. The number of hydrogen-bond acceptors (Lipinski definition) is 7. The Balaban J connectivity index is 1.97. The molecule has 0 amide bonds. The predicted octanol–water partition coefficient (Wildman–Crippen LogP) is 4.57. The molecule has 0 aliphatic heterocycles. The Bertz CT molecular complexity index is 844. The maximum atomic E-state index is 12.1. The summed E-state index contributed by atoms with van der Waals surface area (Å²) < 4.78 is 29.2. The lowest BCUT2D eigenvalue weighted by atomic mass is 10.0. The third kappa shape index (κ3) is 18.6. The Kier molecular flexibility index (Phi) is 19.7. The summed E-state index contributed by atoms with van der Waals surface area (Å²) >= 11 is 0. The van der Waals surface area contributed by atoms with Gasteiger partial charge in [-0.2, -0.15) is 0 Å². The lowest BCUT2D eigenvalue weighted by Crippen LogP contribution is -2.34. The van der Waals surface area contributed by atoms with Gasteiger partial charge in [-0.05, 0) is 12.8 Å². The number of nitrogens with zero attached hydrogens (tertiary/aromatic N) is 1. The van der Waals surface area contributed by atoms with Gasteiger partial charge in [0.2, 0.25) is 0 Å². The number of rotatable bonds is 25. The minimum Gasteiger partial charge on any atom is -0.394 e. The zero-order valence-corrected chi connectivity index (χ0v) is 23.5. The van der Waals surface area contributed by atoms with Crippen LogP contribution in [0.5, 0.6) is 0 Å². The second-order valence-electron chi connectivity index (χ2n) is 9.54. The molecule has 1 aromatic heterocycles. The minimum absolute atomic E-state index is 0.0545. The van der Waals surface area contributed by atoms with E-state index in [1.54, 1.807) is 0 Å². The standard InChI is InChI=1S/C26H49N2O8P/c1-2-3-4-5-6-7-8-9-10-11-12-13-14-18-34-19-15-20-36-37(32,33)23-35-24(22-29)21-28-17-16-25(30)27-26(28)31/h16-17,24,29H,2-15,18-23H2,1H3,(H,32,33)(H,27,30,31). The molecule has 11 heteroatoms. The van der Waals surface area contributed by atoms with E-state index in [4.69, 9.17) is 14.0 Å². The van der Waals surface area contributed by atoms with E-state index in [1.165, 1.54) is 76.8 Å². The number of H-pyrrole nitrogens is 1. The highest BCUT2D eigenvalue weighted by atomic mass is 31.2. The van der Waals surface area contributed by atoms with Gasteiger partial charge in [0, 0.05) is 25.5 Å². The molecule has 3 N–H and O–H groups in total. The summed E-state index contributed by atoms with van der Waals surface area (Å²) in [6.07, 6.45) is 17.2. The van der Waals surface area contributed by atoms with Crippen LogP contribution in [0.2, 0.25) is 0 Å². The molecule has 1 heterocycles. The van der Waals surface area contributed by atoms with E-state index in [2.05, 4.69) is 11.9 Å². The zero-order valence-electron chi connectivity index (χ0n) is 22.6. The molecule has 0 fully saturated rings.